The Morgan fingerprint density at radius 2 is 1.84 bits per heavy atom. The molecule has 2 aromatic carbocycles. The minimum absolute atomic E-state index is 0.201. The van der Waals surface area contributed by atoms with Crippen LogP contribution < -0.4 is 5.32 Å². The van der Waals surface area contributed by atoms with Gasteiger partial charge in [0.25, 0.3) is 0 Å². The van der Waals surface area contributed by atoms with Crippen LogP contribution in [0, 0.1) is 6.92 Å². The molecule has 6 nitrogen and oxygen atoms in total. The summed E-state index contributed by atoms with van der Waals surface area (Å²) in [4.78, 5) is 29.8. The lowest BCUT2D eigenvalue weighted by molar-refractivity contribution is 0.0526. The average molecular weight is 526 g/mol. The van der Waals surface area contributed by atoms with Gasteiger partial charge in [0.15, 0.2) is 0 Å². The van der Waals surface area contributed by atoms with E-state index in [4.69, 9.17) is 4.74 Å². The Balaban J connectivity index is 1.43. The molecular formula is C31H31N3O3S. The lowest BCUT2D eigenvalue weighted by Crippen LogP contribution is -2.38. The number of fused-ring (bicyclic) bond motifs is 5. The van der Waals surface area contributed by atoms with E-state index >= 15 is 0 Å². The van der Waals surface area contributed by atoms with Crippen molar-refractivity contribution in [2.24, 2.45) is 0 Å². The lowest BCUT2D eigenvalue weighted by Gasteiger charge is -2.31. The molecule has 2 aromatic heterocycles. The number of rotatable bonds is 4. The summed E-state index contributed by atoms with van der Waals surface area (Å²) in [5, 5.41) is 4.32. The quantitative estimate of drug-likeness (QED) is 0.291. The SMILES string of the molecule is CCOC(=O)c1cccc(NC(=O)N2Cc3c(sc4c3CCCC4)-n3cccc3[C@@H]2c2ccc(C)cc2)c1. The normalized spacial score (nSPS) is 16.2. The van der Waals surface area contributed by atoms with Gasteiger partial charge in [-0.3, -0.25) is 0 Å². The standard InChI is InChI=1S/C31H31N3O3S/c1-3-37-30(35)22-8-6-9-23(18-22)32-31(36)34-19-25-24-10-4-5-12-27(24)38-29(25)33-17-7-11-26(33)28(34)21-15-13-20(2)14-16-21/h6-9,11,13-18,28H,3-5,10,12,19H2,1-2H3,(H,32,36)/t28-/m0/s1. The molecule has 0 spiro atoms. The number of aromatic nitrogens is 1. The van der Waals surface area contributed by atoms with Crippen LogP contribution in [0.25, 0.3) is 5.00 Å². The molecule has 1 aliphatic carbocycles. The molecule has 2 aliphatic rings. The number of anilines is 1. The molecular weight excluding hydrogens is 494 g/mol. The highest BCUT2D eigenvalue weighted by Gasteiger charge is 2.36. The maximum absolute atomic E-state index is 14.1. The van der Waals surface area contributed by atoms with Gasteiger partial charge in [-0.25, -0.2) is 9.59 Å². The summed E-state index contributed by atoms with van der Waals surface area (Å²) in [7, 11) is 0. The number of urea groups is 1. The summed E-state index contributed by atoms with van der Waals surface area (Å²) in [6.07, 6.45) is 6.70. The van der Waals surface area contributed by atoms with E-state index in [1.807, 2.05) is 16.2 Å². The van der Waals surface area contributed by atoms with Gasteiger partial charge in [0.2, 0.25) is 0 Å². The fraction of sp³-hybridized carbons (Fsp3) is 0.290. The van der Waals surface area contributed by atoms with E-state index in [9.17, 15) is 9.59 Å². The molecule has 0 bridgehead atoms. The number of nitrogens with zero attached hydrogens (tertiary/aromatic N) is 2. The molecule has 0 fully saturated rings. The summed E-state index contributed by atoms with van der Waals surface area (Å²) < 4.78 is 7.44. The fourth-order valence-electron chi connectivity index (χ4n) is 5.62. The van der Waals surface area contributed by atoms with Crippen LogP contribution >= 0.6 is 11.3 Å². The Morgan fingerprint density at radius 3 is 2.66 bits per heavy atom. The first kappa shape index (κ1) is 24.5. The highest BCUT2D eigenvalue weighted by molar-refractivity contribution is 7.15. The third kappa shape index (κ3) is 4.41. The maximum atomic E-state index is 14.1. The number of hydrogen-bond acceptors (Lipinski definition) is 4. The summed E-state index contributed by atoms with van der Waals surface area (Å²) in [5.74, 6) is -0.400. The molecule has 7 heteroatoms. The van der Waals surface area contributed by atoms with Crippen molar-refractivity contribution < 1.29 is 14.3 Å². The van der Waals surface area contributed by atoms with Crippen molar-refractivity contribution in [2.75, 3.05) is 11.9 Å². The van der Waals surface area contributed by atoms with Crippen LogP contribution in [0.2, 0.25) is 0 Å². The van der Waals surface area contributed by atoms with E-state index in [0.717, 1.165) is 24.1 Å². The second-order valence-electron chi connectivity index (χ2n) is 9.97. The molecule has 194 valence electrons. The van der Waals surface area contributed by atoms with Gasteiger partial charge in [-0.2, -0.15) is 0 Å². The number of aryl methyl sites for hydroxylation is 2. The first-order valence-electron chi connectivity index (χ1n) is 13.3. The second kappa shape index (κ2) is 10.1. The van der Waals surface area contributed by atoms with Gasteiger partial charge in [-0.05, 0) is 81.0 Å². The number of thiophene rings is 1. The minimum atomic E-state index is -0.400. The molecule has 0 radical (unpaired) electrons. The van der Waals surface area contributed by atoms with Crippen LogP contribution in [0.15, 0.2) is 66.9 Å². The first-order chi connectivity index (χ1) is 18.5. The summed E-state index contributed by atoms with van der Waals surface area (Å²) in [6.45, 7) is 4.67. The number of amides is 2. The Hall–Kier alpha value is -3.84. The largest absolute Gasteiger partial charge is 0.462 e. The third-order valence-electron chi connectivity index (χ3n) is 7.46. The van der Waals surface area contributed by atoms with Crippen LogP contribution in [0.3, 0.4) is 0 Å². The predicted molar refractivity (Wildman–Crippen MR) is 150 cm³/mol. The molecule has 1 aliphatic heterocycles. The molecule has 38 heavy (non-hydrogen) atoms. The monoisotopic (exact) mass is 525 g/mol. The number of carbonyl (C=O) groups is 2. The Morgan fingerprint density at radius 1 is 1.03 bits per heavy atom. The van der Waals surface area contributed by atoms with Gasteiger partial charge in [-0.1, -0.05) is 35.9 Å². The Kier molecular flexibility index (Phi) is 6.54. The van der Waals surface area contributed by atoms with Crippen LogP contribution in [-0.2, 0) is 24.1 Å². The van der Waals surface area contributed by atoms with Gasteiger partial charge in [-0.15, -0.1) is 11.3 Å². The second-order valence-corrected chi connectivity index (χ2v) is 11.1. The molecule has 0 saturated carbocycles. The van der Waals surface area contributed by atoms with Crippen molar-refractivity contribution in [3.63, 3.8) is 0 Å². The summed E-state index contributed by atoms with van der Waals surface area (Å²) in [6, 6.07) is 19.1. The van der Waals surface area contributed by atoms with Crippen molar-refractivity contribution >= 4 is 29.0 Å². The highest BCUT2D eigenvalue weighted by atomic mass is 32.1. The summed E-state index contributed by atoms with van der Waals surface area (Å²) >= 11 is 1.88. The van der Waals surface area contributed by atoms with E-state index in [1.165, 1.54) is 39.4 Å². The van der Waals surface area contributed by atoms with E-state index in [2.05, 4.69) is 59.4 Å². The molecule has 4 aromatic rings. The summed E-state index contributed by atoms with van der Waals surface area (Å²) in [5.41, 5.74) is 6.97. The van der Waals surface area contributed by atoms with Crippen LogP contribution in [0.1, 0.15) is 69.0 Å². The zero-order valence-corrected chi connectivity index (χ0v) is 22.5. The molecule has 1 N–H and O–H groups in total. The van der Waals surface area contributed by atoms with Crippen molar-refractivity contribution in [2.45, 2.75) is 52.1 Å². The molecule has 0 unspecified atom stereocenters. The number of ether oxygens (including phenoxy) is 1. The highest BCUT2D eigenvalue weighted by Crippen LogP contribution is 2.44. The van der Waals surface area contributed by atoms with E-state index in [0.29, 0.717) is 24.4 Å². The van der Waals surface area contributed by atoms with Gasteiger partial charge in [0.05, 0.1) is 30.5 Å². The van der Waals surface area contributed by atoms with E-state index in [-0.39, 0.29) is 12.1 Å². The number of nitrogens with one attached hydrogen (secondary N) is 1. The smallest absolute Gasteiger partial charge is 0.338 e. The Labute approximate surface area is 226 Å². The van der Waals surface area contributed by atoms with Crippen molar-refractivity contribution in [1.29, 1.82) is 0 Å². The van der Waals surface area contributed by atoms with E-state index < -0.39 is 5.97 Å². The first-order valence-corrected chi connectivity index (χ1v) is 14.1. The van der Waals surface area contributed by atoms with Crippen LogP contribution in [0.4, 0.5) is 10.5 Å². The zero-order chi connectivity index (χ0) is 26.2. The van der Waals surface area contributed by atoms with Crippen molar-refractivity contribution in [1.82, 2.24) is 9.47 Å². The maximum Gasteiger partial charge on any atom is 0.338 e. The van der Waals surface area contributed by atoms with E-state index in [1.54, 1.807) is 31.2 Å². The number of esters is 1. The van der Waals surface area contributed by atoms with Gasteiger partial charge >= 0.3 is 12.0 Å². The molecule has 1 atom stereocenters. The zero-order valence-electron chi connectivity index (χ0n) is 21.7. The molecule has 3 heterocycles. The third-order valence-corrected chi connectivity index (χ3v) is 8.79. The fourth-order valence-corrected chi connectivity index (χ4v) is 7.02. The molecule has 0 saturated heterocycles. The average Bonchev–Trinajstić information content (AvgIpc) is 3.51. The van der Waals surface area contributed by atoms with Crippen molar-refractivity contribution in [3.8, 4) is 5.00 Å². The van der Waals surface area contributed by atoms with Crippen molar-refractivity contribution in [3.05, 3.63) is 105 Å². The van der Waals surface area contributed by atoms with Crippen LogP contribution in [-0.4, -0.2) is 28.1 Å². The lowest BCUT2D eigenvalue weighted by atomic mass is 9.95. The number of benzene rings is 2. The topological polar surface area (TPSA) is 63.6 Å². The predicted octanol–water partition coefficient (Wildman–Crippen LogP) is 7.04. The van der Waals surface area contributed by atoms with Crippen LogP contribution in [0.5, 0.6) is 0 Å². The number of carbonyl (C=O) groups excluding carboxylic acids is 2. The van der Waals surface area contributed by atoms with Gasteiger partial charge in [0, 0.05) is 22.3 Å². The number of hydrogen-bond donors (Lipinski definition) is 1. The molecule has 2 amide bonds. The minimum Gasteiger partial charge on any atom is -0.462 e. The molecule has 6 rings (SSSR count). The van der Waals surface area contributed by atoms with Gasteiger partial charge < -0.3 is 19.5 Å². The van der Waals surface area contributed by atoms with Gasteiger partial charge in [0.1, 0.15) is 5.00 Å². The Bertz CT molecular complexity index is 1500.